The maximum absolute atomic E-state index is 12.3. The molecule has 2 aromatic carbocycles. The van der Waals surface area contributed by atoms with Crippen LogP contribution in [0.4, 0.5) is 0 Å². The molecule has 1 saturated heterocycles. The zero-order valence-corrected chi connectivity index (χ0v) is 14.5. The van der Waals surface area contributed by atoms with Gasteiger partial charge in [-0.05, 0) is 17.7 Å². The molecule has 0 amide bonds. The van der Waals surface area contributed by atoms with E-state index in [4.69, 9.17) is 14.2 Å². The van der Waals surface area contributed by atoms with Gasteiger partial charge in [0.15, 0.2) is 12.4 Å². The number of ether oxygens (including phenoxy) is 3. The van der Waals surface area contributed by atoms with Crippen LogP contribution in [0.15, 0.2) is 60.7 Å². The van der Waals surface area contributed by atoms with Crippen molar-refractivity contribution < 1.29 is 34.3 Å². The second-order valence-corrected chi connectivity index (χ2v) is 6.24. The summed E-state index contributed by atoms with van der Waals surface area (Å²) in [5.74, 6) is -0.702. The van der Waals surface area contributed by atoms with Gasteiger partial charge in [0, 0.05) is 0 Å². The molecule has 7 heteroatoms. The summed E-state index contributed by atoms with van der Waals surface area (Å²) in [6.07, 6.45) is -6.23. The van der Waals surface area contributed by atoms with E-state index in [2.05, 4.69) is 0 Å². The van der Waals surface area contributed by atoms with E-state index in [0.717, 1.165) is 5.56 Å². The molecule has 1 aliphatic rings. The van der Waals surface area contributed by atoms with Crippen molar-refractivity contribution in [3.8, 4) is 0 Å². The summed E-state index contributed by atoms with van der Waals surface area (Å²) in [7, 11) is 0. The van der Waals surface area contributed by atoms with E-state index < -0.39 is 43.3 Å². The van der Waals surface area contributed by atoms with Gasteiger partial charge >= 0.3 is 5.97 Å². The molecule has 144 valence electrons. The molecular weight excluding hydrogens is 352 g/mol. The van der Waals surface area contributed by atoms with Gasteiger partial charge in [-0.15, -0.1) is 0 Å². The molecule has 27 heavy (non-hydrogen) atoms. The molecule has 0 aromatic heterocycles. The lowest BCUT2D eigenvalue weighted by Crippen LogP contribution is -2.60. The van der Waals surface area contributed by atoms with E-state index in [0.29, 0.717) is 0 Å². The maximum Gasteiger partial charge on any atom is 0.338 e. The molecule has 0 bridgehead atoms. The van der Waals surface area contributed by atoms with Gasteiger partial charge in [0.1, 0.15) is 18.3 Å². The molecule has 1 aliphatic heterocycles. The van der Waals surface area contributed by atoms with E-state index in [1.807, 2.05) is 30.3 Å². The lowest BCUT2D eigenvalue weighted by atomic mass is 9.98. The molecule has 0 saturated carbocycles. The van der Waals surface area contributed by atoms with Crippen LogP contribution >= 0.6 is 0 Å². The Bertz CT molecular complexity index is 722. The first-order valence-electron chi connectivity index (χ1n) is 8.64. The number of benzene rings is 2. The van der Waals surface area contributed by atoms with Crippen LogP contribution in [0.1, 0.15) is 15.9 Å². The third-order valence-electron chi connectivity index (χ3n) is 4.35. The fraction of sp³-hybridized carbons (Fsp3) is 0.350. The van der Waals surface area contributed by atoms with Crippen molar-refractivity contribution in [2.75, 3.05) is 6.61 Å². The second kappa shape index (κ2) is 9.07. The average Bonchev–Trinajstić information content (AvgIpc) is 2.71. The summed E-state index contributed by atoms with van der Waals surface area (Å²) in [5.41, 5.74) is 1.15. The fourth-order valence-electron chi connectivity index (χ4n) is 2.92. The fourth-order valence-corrected chi connectivity index (χ4v) is 2.92. The van der Waals surface area contributed by atoms with Crippen molar-refractivity contribution in [1.82, 2.24) is 0 Å². The Hall–Kier alpha value is -2.29. The van der Waals surface area contributed by atoms with E-state index in [-0.39, 0.29) is 12.2 Å². The average molecular weight is 374 g/mol. The highest BCUT2D eigenvalue weighted by Gasteiger charge is 2.47. The first-order valence-corrected chi connectivity index (χ1v) is 8.64. The SMILES string of the molecule is O=C(OC1[C@H](O)OC(CO)[C@H](OCc2ccccc2)[C@@H]1O)c1ccccc1. The number of hydrogen-bond acceptors (Lipinski definition) is 7. The van der Waals surface area contributed by atoms with Gasteiger partial charge < -0.3 is 29.5 Å². The van der Waals surface area contributed by atoms with Crippen molar-refractivity contribution >= 4 is 5.97 Å². The Labute approximate surface area is 156 Å². The lowest BCUT2D eigenvalue weighted by molar-refractivity contribution is -0.294. The van der Waals surface area contributed by atoms with Gasteiger partial charge in [0.05, 0.1) is 18.8 Å². The highest BCUT2D eigenvalue weighted by atomic mass is 16.7. The van der Waals surface area contributed by atoms with Crippen LogP contribution in [0.5, 0.6) is 0 Å². The number of esters is 1. The number of hydrogen-bond donors (Lipinski definition) is 3. The van der Waals surface area contributed by atoms with E-state index in [1.165, 1.54) is 0 Å². The summed E-state index contributed by atoms with van der Waals surface area (Å²) >= 11 is 0. The van der Waals surface area contributed by atoms with E-state index in [1.54, 1.807) is 30.3 Å². The predicted molar refractivity (Wildman–Crippen MR) is 94.6 cm³/mol. The third-order valence-corrected chi connectivity index (χ3v) is 4.35. The first-order chi connectivity index (χ1) is 13.1. The number of aliphatic hydroxyl groups excluding tert-OH is 3. The minimum atomic E-state index is -1.58. The molecule has 0 spiro atoms. The van der Waals surface area contributed by atoms with Crippen molar-refractivity contribution in [1.29, 1.82) is 0 Å². The molecule has 5 atom stereocenters. The van der Waals surface area contributed by atoms with Crippen LogP contribution in [0.2, 0.25) is 0 Å². The number of carbonyl (C=O) groups is 1. The van der Waals surface area contributed by atoms with Gasteiger partial charge in [-0.3, -0.25) is 0 Å². The van der Waals surface area contributed by atoms with Crippen LogP contribution in [-0.2, 0) is 20.8 Å². The number of carbonyl (C=O) groups excluding carboxylic acids is 1. The highest BCUT2D eigenvalue weighted by molar-refractivity contribution is 5.89. The Morgan fingerprint density at radius 3 is 2.22 bits per heavy atom. The van der Waals surface area contributed by atoms with Crippen molar-refractivity contribution in [2.24, 2.45) is 0 Å². The Kier molecular flexibility index (Phi) is 6.54. The van der Waals surface area contributed by atoms with Crippen molar-refractivity contribution in [3.63, 3.8) is 0 Å². The maximum atomic E-state index is 12.3. The normalized spacial score (nSPS) is 27.9. The quantitative estimate of drug-likeness (QED) is 0.644. The molecule has 0 aliphatic carbocycles. The molecular formula is C20H22O7. The predicted octanol–water partition coefficient (Wildman–Crippen LogP) is 0.868. The third kappa shape index (κ3) is 4.71. The zero-order valence-electron chi connectivity index (χ0n) is 14.5. The zero-order chi connectivity index (χ0) is 19.2. The summed E-state index contributed by atoms with van der Waals surface area (Å²) in [4.78, 5) is 12.3. The molecule has 1 fully saturated rings. The molecule has 3 rings (SSSR count). The summed E-state index contributed by atoms with van der Waals surface area (Å²) in [5, 5.41) is 30.2. The van der Waals surface area contributed by atoms with Crippen LogP contribution in [0.25, 0.3) is 0 Å². The molecule has 2 aromatic rings. The van der Waals surface area contributed by atoms with E-state index in [9.17, 15) is 20.1 Å². The monoisotopic (exact) mass is 374 g/mol. The highest BCUT2D eigenvalue weighted by Crippen LogP contribution is 2.26. The van der Waals surface area contributed by atoms with Crippen LogP contribution in [0, 0.1) is 0 Å². The standard InChI is InChI=1S/C20H22O7/c21-11-15-17(25-12-13-7-3-1-4-8-13)16(22)18(20(24)26-15)27-19(23)14-9-5-2-6-10-14/h1-10,15-18,20-22,24H,11-12H2/t15?,16-,17-,18?,20+/m0/s1. The Balaban J connectivity index is 1.70. The minimum Gasteiger partial charge on any atom is -0.450 e. The molecule has 0 radical (unpaired) electrons. The number of rotatable bonds is 6. The summed E-state index contributed by atoms with van der Waals surface area (Å²) < 4.78 is 16.3. The Morgan fingerprint density at radius 2 is 1.59 bits per heavy atom. The van der Waals surface area contributed by atoms with Gasteiger partial charge in [0.25, 0.3) is 0 Å². The lowest BCUT2D eigenvalue weighted by Gasteiger charge is -2.41. The minimum absolute atomic E-state index is 0.165. The smallest absolute Gasteiger partial charge is 0.338 e. The number of aliphatic hydroxyl groups is 3. The Morgan fingerprint density at radius 1 is 0.963 bits per heavy atom. The first kappa shape index (κ1) is 19.5. The van der Waals surface area contributed by atoms with Crippen LogP contribution in [-0.4, -0.2) is 58.6 Å². The van der Waals surface area contributed by atoms with E-state index >= 15 is 0 Å². The summed E-state index contributed by atoms with van der Waals surface area (Å²) in [6.45, 7) is -0.301. The molecule has 3 N–H and O–H groups in total. The van der Waals surface area contributed by atoms with Gasteiger partial charge in [-0.1, -0.05) is 48.5 Å². The van der Waals surface area contributed by atoms with Gasteiger partial charge in [0.2, 0.25) is 0 Å². The van der Waals surface area contributed by atoms with Crippen LogP contribution < -0.4 is 0 Å². The van der Waals surface area contributed by atoms with Crippen molar-refractivity contribution in [2.45, 2.75) is 37.3 Å². The largest absolute Gasteiger partial charge is 0.450 e. The summed E-state index contributed by atoms with van der Waals surface area (Å²) in [6, 6.07) is 17.5. The van der Waals surface area contributed by atoms with Gasteiger partial charge in [-0.2, -0.15) is 0 Å². The molecule has 2 unspecified atom stereocenters. The molecule has 7 nitrogen and oxygen atoms in total. The topological polar surface area (TPSA) is 105 Å². The van der Waals surface area contributed by atoms with Gasteiger partial charge in [-0.25, -0.2) is 4.79 Å². The van der Waals surface area contributed by atoms with Crippen molar-refractivity contribution in [3.05, 3.63) is 71.8 Å². The van der Waals surface area contributed by atoms with Crippen LogP contribution in [0.3, 0.4) is 0 Å². The second-order valence-electron chi connectivity index (χ2n) is 6.24. The molecule has 1 heterocycles.